The van der Waals surface area contributed by atoms with E-state index in [0.717, 1.165) is 16.6 Å². The van der Waals surface area contributed by atoms with Gasteiger partial charge in [-0.2, -0.15) is 0 Å². The van der Waals surface area contributed by atoms with Crippen molar-refractivity contribution in [3.63, 3.8) is 0 Å². The lowest BCUT2D eigenvalue weighted by atomic mass is 9.87. The number of carbonyl (C=O) groups is 1. The number of aliphatic carboxylic acids is 1. The number of rotatable bonds is 5. The predicted octanol–water partition coefficient (Wildman–Crippen LogP) is 2.37. The average molecular weight is 328 g/mol. The van der Waals surface area contributed by atoms with Crippen LogP contribution in [0.3, 0.4) is 0 Å². The molecule has 0 bridgehead atoms. The van der Waals surface area contributed by atoms with Gasteiger partial charge in [-0.25, -0.2) is 0 Å². The fourth-order valence-corrected chi connectivity index (χ4v) is 2.93. The van der Waals surface area contributed by atoms with Crippen LogP contribution in [0.25, 0.3) is 0 Å². The third-order valence-electron chi connectivity index (χ3n) is 3.47. The quantitative estimate of drug-likeness (QED) is 0.902. The van der Waals surface area contributed by atoms with Crippen molar-refractivity contribution in [2.24, 2.45) is 5.41 Å². The van der Waals surface area contributed by atoms with Crippen LogP contribution in [0.2, 0.25) is 0 Å². The molecule has 0 spiro atoms. The van der Waals surface area contributed by atoms with Crippen molar-refractivity contribution in [1.29, 1.82) is 0 Å². The second kappa shape index (κ2) is 6.03. The molecule has 0 amide bonds. The van der Waals surface area contributed by atoms with Crippen molar-refractivity contribution >= 4 is 21.9 Å². The minimum Gasteiger partial charge on any atom is -0.481 e. The van der Waals surface area contributed by atoms with Gasteiger partial charge in [-0.05, 0) is 31.2 Å². The van der Waals surface area contributed by atoms with Gasteiger partial charge in [0, 0.05) is 24.2 Å². The van der Waals surface area contributed by atoms with Crippen LogP contribution in [0, 0.1) is 5.41 Å². The first-order chi connectivity index (χ1) is 9.02. The van der Waals surface area contributed by atoms with E-state index in [2.05, 4.69) is 22.0 Å². The molecular weight excluding hydrogens is 310 g/mol. The van der Waals surface area contributed by atoms with E-state index in [1.54, 1.807) is 0 Å². The Balaban J connectivity index is 2.00. The molecule has 5 heteroatoms. The van der Waals surface area contributed by atoms with Crippen molar-refractivity contribution < 1.29 is 14.6 Å². The van der Waals surface area contributed by atoms with Gasteiger partial charge in [-0.3, -0.25) is 4.79 Å². The van der Waals surface area contributed by atoms with Crippen molar-refractivity contribution in [1.82, 2.24) is 4.90 Å². The van der Waals surface area contributed by atoms with Gasteiger partial charge < -0.3 is 14.7 Å². The Labute approximate surface area is 121 Å². The molecule has 1 unspecified atom stereocenters. The standard InChI is InChI=1S/C14H18BrNO3/c1-16(8-11-3-2-4-12(15)7-11)9-14(13(17)18)5-6-19-10-14/h2-4,7H,5-6,8-10H2,1H3,(H,17,18). The van der Waals surface area contributed by atoms with E-state index in [1.165, 1.54) is 0 Å². The highest BCUT2D eigenvalue weighted by atomic mass is 79.9. The van der Waals surface area contributed by atoms with Gasteiger partial charge in [0.2, 0.25) is 0 Å². The van der Waals surface area contributed by atoms with Crippen molar-refractivity contribution in [3.8, 4) is 0 Å². The van der Waals surface area contributed by atoms with E-state index in [4.69, 9.17) is 4.74 Å². The zero-order valence-electron chi connectivity index (χ0n) is 10.9. The number of carboxylic acid groups (broad SMARTS) is 1. The zero-order chi connectivity index (χ0) is 13.9. The van der Waals surface area contributed by atoms with E-state index >= 15 is 0 Å². The summed E-state index contributed by atoms with van der Waals surface area (Å²) >= 11 is 3.44. The lowest BCUT2D eigenvalue weighted by Gasteiger charge is -2.28. The molecule has 2 rings (SSSR count). The Morgan fingerprint density at radius 3 is 2.95 bits per heavy atom. The third-order valence-corrected chi connectivity index (χ3v) is 3.96. The number of halogens is 1. The molecule has 0 saturated carbocycles. The topological polar surface area (TPSA) is 49.8 Å². The Morgan fingerprint density at radius 1 is 1.58 bits per heavy atom. The van der Waals surface area contributed by atoms with E-state index < -0.39 is 11.4 Å². The summed E-state index contributed by atoms with van der Waals surface area (Å²) in [6.45, 7) is 2.09. The second-order valence-electron chi connectivity index (χ2n) is 5.19. The summed E-state index contributed by atoms with van der Waals surface area (Å²) in [6.07, 6.45) is 0.588. The molecule has 1 aromatic rings. The number of nitrogens with zero attached hydrogens (tertiary/aromatic N) is 1. The van der Waals surface area contributed by atoms with Gasteiger partial charge in [0.15, 0.2) is 0 Å². The highest BCUT2D eigenvalue weighted by Gasteiger charge is 2.43. The summed E-state index contributed by atoms with van der Waals surface area (Å²) in [4.78, 5) is 13.5. The molecule has 4 nitrogen and oxygen atoms in total. The number of hydrogen-bond donors (Lipinski definition) is 1. The van der Waals surface area contributed by atoms with Crippen molar-refractivity contribution in [2.45, 2.75) is 13.0 Å². The first-order valence-corrected chi connectivity index (χ1v) is 7.05. The van der Waals surface area contributed by atoms with Gasteiger partial charge >= 0.3 is 5.97 Å². The largest absolute Gasteiger partial charge is 0.481 e. The lowest BCUT2D eigenvalue weighted by molar-refractivity contribution is -0.150. The molecule has 104 valence electrons. The molecule has 1 aliphatic heterocycles. The Bertz CT molecular complexity index is 458. The monoisotopic (exact) mass is 327 g/mol. The maximum atomic E-state index is 11.5. The minimum atomic E-state index is -0.758. The Morgan fingerprint density at radius 2 is 2.37 bits per heavy atom. The fraction of sp³-hybridized carbons (Fsp3) is 0.500. The number of hydrogen-bond acceptors (Lipinski definition) is 3. The van der Waals surface area contributed by atoms with E-state index in [9.17, 15) is 9.90 Å². The molecule has 1 saturated heterocycles. The van der Waals surface area contributed by atoms with Crippen LogP contribution in [-0.2, 0) is 16.1 Å². The highest BCUT2D eigenvalue weighted by molar-refractivity contribution is 9.10. The first-order valence-electron chi connectivity index (χ1n) is 6.26. The smallest absolute Gasteiger partial charge is 0.313 e. The molecule has 19 heavy (non-hydrogen) atoms. The Kier molecular flexibility index (Phi) is 4.60. The highest BCUT2D eigenvalue weighted by Crippen LogP contribution is 2.30. The molecule has 0 radical (unpaired) electrons. The maximum Gasteiger partial charge on any atom is 0.313 e. The number of ether oxygens (including phenoxy) is 1. The SMILES string of the molecule is CN(Cc1cccc(Br)c1)CC1(C(=O)O)CCOC1. The summed E-state index contributed by atoms with van der Waals surface area (Å²) in [5.41, 5.74) is 0.414. The van der Waals surface area contributed by atoms with Crippen LogP contribution in [0.5, 0.6) is 0 Å². The van der Waals surface area contributed by atoms with Gasteiger partial charge in [0.1, 0.15) is 5.41 Å². The molecule has 1 aliphatic rings. The summed E-state index contributed by atoms with van der Waals surface area (Å²) in [5.74, 6) is -0.758. The lowest BCUT2D eigenvalue weighted by Crippen LogP contribution is -2.42. The first kappa shape index (κ1) is 14.5. The predicted molar refractivity (Wildman–Crippen MR) is 76.0 cm³/mol. The molecule has 1 atom stereocenters. The maximum absolute atomic E-state index is 11.5. The second-order valence-corrected chi connectivity index (χ2v) is 6.11. The molecule has 0 aromatic heterocycles. The zero-order valence-corrected chi connectivity index (χ0v) is 12.5. The van der Waals surface area contributed by atoms with Crippen LogP contribution < -0.4 is 0 Å². The van der Waals surface area contributed by atoms with E-state index in [1.807, 2.05) is 30.1 Å². The molecule has 1 N–H and O–H groups in total. The van der Waals surface area contributed by atoms with Crippen molar-refractivity contribution in [3.05, 3.63) is 34.3 Å². The van der Waals surface area contributed by atoms with Crippen LogP contribution >= 0.6 is 15.9 Å². The average Bonchev–Trinajstić information content (AvgIpc) is 2.78. The van der Waals surface area contributed by atoms with Crippen LogP contribution in [0.15, 0.2) is 28.7 Å². The molecule has 1 aromatic carbocycles. The summed E-state index contributed by atoms with van der Waals surface area (Å²) in [5, 5.41) is 9.41. The molecule has 1 heterocycles. The molecule has 1 fully saturated rings. The van der Waals surface area contributed by atoms with Gasteiger partial charge in [0.05, 0.1) is 6.61 Å². The normalized spacial score (nSPS) is 22.9. The number of benzene rings is 1. The molecule has 0 aliphatic carbocycles. The van der Waals surface area contributed by atoms with Crippen LogP contribution in [0.4, 0.5) is 0 Å². The fourth-order valence-electron chi connectivity index (χ4n) is 2.49. The Hall–Kier alpha value is -0.910. The van der Waals surface area contributed by atoms with E-state index in [-0.39, 0.29) is 0 Å². The summed E-state index contributed by atoms with van der Waals surface area (Å²) in [7, 11) is 1.95. The van der Waals surface area contributed by atoms with Gasteiger partial charge in [0.25, 0.3) is 0 Å². The van der Waals surface area contributed by atoms with Crippen LogP contribution in [0.1, 0.15) is 12.0 Å². The van der Waals surface area contributed by atoms with Gasteiger partial charge in [-0.15, -0.1) is 0 Å². The van der Waals surface area contributed by atoms with Crippen molar-refractivity contribution in [2.75, 3.05) is 26.8 Å². The minimum absolute atomic E-state index is 0.311. The van der Waals surface area contributed by atoms with Crippen LogP contribution in [-0.4, -0.2) is 42.8 Å². The summed E-state index contributed by atoms with van der Waals surface area (Å²) in [6, 6.07) is 8.06. The summed E-state index contributed by atoms with van der Waals surface area (Å²) < 4.78 is 6.31. The van der Waals surface area contributed by atoms with E-state index in [0.29, 0.717) is 26.2 Å². The van der Waals surface area contributed by atoms with Gasteiger partial charge in [-0.1, -0.05) is 28.1 Å². The molecular formula is C14H18BrNO3. The number of carboxylic acids is 1. The third kappa shape index (κ3) is 3.55.